The number of fused-ring (bicyclic) bond motifs is 1. The first kappa shape index (κ1) is 19.9. The maximum absolute atomic E-state index is 13.6. The molecule has 0 aliphatic carbocycles. The summed E-state index contributed by atoms with van der Waals surface area (Å²) in [6.45, 7) is 3.43. The van der Waals surface area contributed by atoms with Crippen molar-refractivity contribution < 1.29 is 18.4 Å². The molecule has 0 N–H and O–H groups in total. The summed E-state index contributed by atoms with van der Waals surface area (Å²) in [4.78, 5) is 30.4. The highest BCUT2D eigenvalue weighted by Gasteiger charge is 2.46. The number of ketones is 1. The number of aromatic nitrogens is 1. The number of hydrogen-bond donors (Lipinski definition) is 0. The maximum Gasteiger partial charge on any atom is 0.268 e. The Bertz CT molecular complexity index is 963. The quantitative estimate of drug-likeness (QED) is 0.574. The summed E-state index contributed by atoms with van der Waals surface area (Å²) in [7, 11) is 0. The van der Waals surface area contributed by atoms with Crippen LogP contribution < -0.4 is 0 Å². The molecule has 1 aromatic carbocycles. The zero-order valence-electron chi connectivity index (χ0n) is 15.9. The van der Waals surface area contributed by atoms with Crippen molar-refractivity contribution in [2.45, 2.75) is 51.0 Å². The van der Waals surface area contributed by atoms with Gasteiger partial charge in [0.25, 0.3) is 5.92 Å². The average Bonchev–Trinajstić information content (AvgIpc) is 2.99. The summed E-state index contributed by atoms with van der Waals surface area (Å²) in [6.07, 6.45) is 6.09. The van der Waals surface area contributed by atoms with Crippen molar-refractivity contribution in [3.63, 3.8) is 0 Å². The van der Waals surface area contributed by atoms with Gasteiger partial charge in [0.15, 0.2) is 5.78 Å². The van der Waals surface area contributed by atoms with E-state index in [1.54, 1.807) is 12.3 Å². The van der Waals surface area contributed by atoms with Gasteiger partial charge in [0, 0.05) is 36.4 Å². The number of pyridine rings is 1. The lowest BCUT2D eigenvalue weighted by Gasteiger charge is -2.20. The number of halogens is 2. The lowest BCUT2D eigenvalue weighted by Crippen LogP contribution is -2.36. The first-order chi connectivity index (χ1) is 13.2. The van der Waals surface area contributed by atoms with Crippen molar-refractivity contribution in [3.8, 4) is 12.3 Å². The molecule has 0 spiro atoms. The molecule has 1 atom stereocenters. The molecule has 1 amide bonds. The molecule has 2 aromatic rings. The van der Waals surface area contributed by atoms with Gasteiger partial charge in [-0.15, -0.1) is 6.42 Å². The summed E-state index contributed by atoms with van der Waals surface area (Å²) in [5.41, 5.74) is 2.27. The fraction of sp³-hybridized carbons (Fsp3) is 0.409. The van der Waals surface area contributed by atoms with Gasteiger partial charge in [-0.05, 0) is 29.7 Å². The molecule has 6 heteroatoms. The predicted octanol–water partition coefficient (Wildman–Crippen LogP) is 4.19. The second-order valence-corrected chi connectivity index (χ2v) is 7.48. The van der Waals surface area contributed by atoms with Crippen LogP contribution in [-0.4, -0.2) is 40.1 Å². The number of benzene rings is 1. The van der Waals surface area contributed by atoms with E-state index in [1.165, 1.54) is 0 Å². The largest absolute Gasteiger partial charge is 0.323 e. The Morgan fingerprint density at radius 2 is 2.07 bits per heavy atom. The zero-order valence-corrected chi connectivity index (χ0v) is 15.9. The van der Waals surface area contributed by atoms with Crippen molar-refractivity contribution in [1.82, 2.24) is 9.88 Å². The third-order valence-electron chi connectivity index (χ3n) is 5.08. The topological polar surface area (TPSA) is 50.3 Å². The Labute approximate surface area is 162 Å². The van der Waals surface area contributed by atoms with Crippen molar-refractivity contribution in [3.05, 3.63) is 41.6 Å². The SMILES string of the molecule is C#CC1CC(F)(F)CN1C(=O)CCC(=O)c1ccnc2ccc(C(C)C)cc12. The normalized spacial score (nSPS) is 18.4. The Morgan fingerprint density at radius 1 is 1.32 bits per heavy atom. The molecule has 0 saturated carbocycles. The van der Waals surface area contributed by atoms with Gasteiger partial charge < -0.3 is 4.90 Å². The van der Waals surface area contributed by atoms with E-state index in [2.05, 4.69) is 24.8 Å². The number of rotatable bonds is 5. The molecular formula is C22H22F2N2O2. The third kappa shape index (κ3) is 4.04. The lowest BCUT2D eigenvalue weighted by molar-refractivity contribution is -0.132. The number of alkyl halides is 2. The molecule has 1 fully saturated rings. The molecule has 4 nitrogen and oxygen atoms in total. The van der Waals surface area contributed by atoms with Gasteiger partial charge in [-0.2, -0.15) is 0 Å². The van der Waals surface area contributed by atoms with Crippen LogP contribution in [0.1, 0.15) is 54.9 Å². The Morgan fingerprint density at radius 3 is 2.75 bits per heavy atom. The van der Waals surface area contributed by atoms with E-state index in [0.717, 1.165) is 15.8 Å². The molecule has 146 valence electrons. The molecule has 1 aromatic heterocycles. The molecule has 3 rings (SSSR count). The van der Waals surface area contributed by atoms with Gasteiger partial charge in [-0.25, -0.2) is 8.78 Å². The van der Waals surface area contributed by atoms with Gasteiger partial charge in [-0.3, -0.25) is 14.6 Å². The highest BCUT2D eigenvalue weighted by atomic mass is 19.3. The van der Waals surface area contributed by atoms with E-state index < -0.39 is 30.8 Å². The fourth-order valence-electron chi connectivity index (χ4n) is 3.49. The van der Waals surface area contributed by atoms with Crippen LogP contribution in [0, 0.1) is 12.3 Å². The van der Waals surface area contributed by atoms with Gasteiger partial charge in [0.05, 0.1) is 18.1 Å². The lowest BCUT2D eigenvalue weighted by atomic mass is 9.96. The van der Waals surface area contributed by atoms with Crippen LogP contribution in [0.3, 0.4) is 0 Å². The minimum absolute atomic E-state index is 0.0663. The van der Waals surface area contributed by atoms with Crippen molar-refractivity contribution in [2.75, 3.05) is 6.54 Å². The summed E-state index contributed by atoms with van der Waals surface area (Å²) >= 11 is 0. The Kier molecular flexibility index (Phi) is 5.46. The zero-order chi connectivity index (χ0) is 20.5. The Balaban J connectivity index is 1.76. The molecule has 0 radical (unpaired) electrons. The molecule has 1 aliphatic rings. The van der Waals surface area contributed by atoms with E-state index >= 15 is 0 Å². The molecule has 1 saturated heterocycles. The monoisotopic (exact) mass is 384 g/mol. The first-order valence-electron chi connectivity index (χ1n) is 9.27. The van der Waals surface area contributed by atoms with Crippen LogP contribution in [0.15, 0.2) is 30.5 Å². The van der Waals surface area contributed by atoms with Crippen molar-refractivity contribution in [1.29, 1.82) is 0 Å². The maximum atomic E-state index is 13.6. The van der Waals surface area contributed by atoms with Crippen molar-refractivity contribution in [2.24, 2.45) is 0 Å². The minimum Gasteiger partial charge on any atom is -0.323 e. The van der Waals surface area contributed by atoms with Crippen LogP contribution >= 0.6 is 0 Å². The average molecular weight is 384 g/mol. The summed E-state index contributed by atoms with van der Waals surface area (Å²) in [5, 5.41) is 0.736. The minimum atomic E-state index is -2.98. The number of hydrogen-bond acceptors (Lipinski definition) is 3. The van der Waals surface area contributed by atoms with Gasteiger partial charge >= 0.3 is 0 Å². The number of amides is 1. The molecule has 1 unspecified atom stereocenters. The number of likely N-dealkylation sites (tertiary alicyclic amines) is 1. The Hall–Kier alpha value is -2.81. The van der Waals surface area contributed by atoms with E-state index in [4.69, 9.17) is 6.42 Å². The molecule has 28 heavy (non-hydrogen) atoms. The predicted molar refractivity (Wildman–Crippen MR) is 103 cm³/mol. The van der Waals surface area contributed by atoms with Crippen molar-refractivity contribution >= 4 is 22.6 Å². The van der Waals surface area contributed by atoms with Crippen LogP contribution in [0.25, 0.3) is 10.9 Å². The van der Waals surface area contributed by atoms with Crippen LogP contribution in [0.2, 0.25) is 0 Å². The fourth-order valence-corrected chi connectivity index (χ4v) is 3.49. The highest BCUT2D eigenvalue weighted by molar-refractivity contribution is 6.08. The highest BCUT2D eigenvalue weighted by Crippen LogP contribution is 2.32. The van der Waals surface area contributed by atoms with Crippen LogP contribution in [-0.2, 0) is 4.79 Å². The van der Waals surface area contributed by atoms with Gasteiger partial charge in [0.2, 0.25) is 5.91 Å². The number of Topliss-reactive ketones (excluding diaryl/α,β-unsaturated/α-hetero) is 1. The summed E-state index contributed by atoms with van der Waals surface area (Å²) in [6, 6.07) is 6.50. The van der Waals surface area contributed by atoms with E-state index in [-0.39, 0.29) is 18.6 Å². The van der Waals surface area contributed by atoms with Crippen LogP contribution in [0.5, 0.6) is 0 Å². The summed E-state index contributed by atoms with van der Waals surface area (Å²) in [5.74, 6) is -1.18. The van der Waals surface area contributed by atoms with Gasteiger partial charge in [0.1, 0.15) is 0 Å². The molecule has 0 bridgehead atoms. The number of nitrogens with zero attached hydrogens (tertiary/aromatic N) is 2. The van der Waals surface area contributed by atoms with E-state index in [9.17, 15) is 18.4 Å². The smallest absolute Gasteiger partial charge is 0.268 e. The number of carbonyl (C=O) groups is 2. The third-order valence-corrected chi connectivity index (χ3v) is 5.08. The number of terminal acetylenes is 1. The second-order valence-electron chi connectivity index (χ2n) is 7.48. The van der Waals surface area contributed by atoms with E-state index in [1.807, 2.05) is 18.2 Å². The molecule has 1 aliphatic heterocycles. The molecule has 2 heterocycles. The standard InChI is InChI=1S/C22H22F2N2O2/c1-4-16-12-22(23,24)13-26(16)21(28)8-7-20(27)17-9-10-25-19-6-5-15(14(2)3)11-18(17)19/h1,5-6,9-11,14,16H,7-8,12-13H2,2-3H3. The second kappa shape index (κ2) is 7.67. The summed E-state index contributed by atoms with van der Waals surface area (Å²) < 4.78 is 27.1. The van der Waals surface area contributed by atoms with Gasteiger partial charge in [-0.1, -0.05) is 25.8 Å². The first-order valence-corrected chi connectivity index (χ1v) is 9.27. The molecular weight excluding hydrogens is 362 g/mol. The number of carbonyl (C=O) groups excluding carboxylic acids is 2. The van der Waals surface area contributed by atoms with Crippen LogP contribution in [0.4, 0.5) is 8.78 Å². The van der Waals surface area contributed by atoms with E-state index in [0.29, 0.717) is 17.0 Å².